The van der Waals surface area contributed by atoms with Crippen LogP contribution in [0.5, 0.6) is 0 Å². The van der Waals surface area contributed by atoms with Gasteiger partial charge in [0, 0.05) is 43.4 Å². The monoisotopic (exact) mass is 429 g/mol. The third-order valence-electron chi connectivity index (χ3n) is 6.65. The van der Waals surface area contributed by atoms with E-state index in [0.717, 1.165) is 25.9 Å². The standard InChI is InChI=1S/C20H24ClN7O2/c1-27-18(29)14-12(8-25-16(14)11-2-5-24-17(23)15(11)21)26-19(27)28-6-3-20(4-7-28)10-30-9-13(20)22/h2,5,13H,3-4,6-10,22H2,1H3,(H2,23,24)/t13-/m1/s1. The van der Waals surface area contributed by atoms with Crippen molar-refractivity contribution in [3.05, 3.63) is 44.5 Å². The molecule has 0 bridgehead atoms. The van der Waals surface area contributed by atoms with Gasteiger partial charge in [0.05, 0.1) is 41.8 Å². The first kappa shape index (κ1) is 19.5. The summed E-state index contributed by atoms with van der Waals surface area (Å²) in [6, 6.07) is 1.79. The number of halogens is 1. The number of aromatic nitrogens is 3. The number of nitrogen functional groups attached to an aromatic ring is 1. The molecule has 3 aliphatic heterocycles. The Bertz CT molecular complexity index is 1110. The van der Waals surface area contributed by atoms with Gasteiger partial charge in [-0.3, -0.25) is 14.4 Å². The number of piperidine rings is 1. The smallest absolute Gasteiger partial charge is 0.264 e. The zero-order chi connectivity index (χ0) is 21.0. The highest BCUT2D eigenvalue weighted by molar-refractivity contribution is 6.37. The molecule has 0 amide bonds. The molecule has 10 heteroatoms. The van der Waals surface area contributed by atoms with E-state index in [4.69, 9.17) is 32.8 Å². The van der Waals surface area contributed by atoms with E-state index >= 15 is 0 Å². The lowest BCUT2D eigenvalue weighted by Gasteiger charge is -2.41. The van der Waals surface area contributed by atoms with Crippen LogP contribution in [0.2, 0.25) is 5.02 Å². The van der Waals surface area contributed by atoms with Gasteiger partial charge in [-0.1, -0.05) is 11.6 Å². The summed E-state index contributed by atoms with van der Waals surface area (Å²) in [5.41, 5.74) is 14.3. The van der Waals surface area contributed by atoms with Crippen LogP contribution in [0.1, 0.15) is 29.7 Å². The Morgan fingerprint density at radius 3 is 2.80 bits per heavy atom. The summed E-state index contributed by atoms with van der Waals surface area (Å²) in [6.45, 7) is 3.25. The Balaban J connectivity index is 1.47. The molecule has 0 saturated carbocycles. The van der Waals surface area contributed by atoms with Crippen molar-refractivity contribution in [1.82, 2.24) is 14.5 Å². The number of ether oxygens (including phenoxy) is 1. The van der Waals surface area contributed by atoms with E-state index < -0.39 is 0 Å². The summed E-state index contributed by atoms with van der Waals surface area (Å²) in [6.07, 6.45) is 3.41. The summed E-state index contributed by atoms with van der Waals surface area (Å²) in [5, 5.41) is 0.298. The van der Waals surface area contributed by atoms with Crippen LogP contribution in [0.3, 0.4) is 0 Å². The van der Waals surface area contributed by atoms with Crippen molar-refractivity contribution in [2.45, 2.75) is 25.4 Å². The molecule has 9 nitrogen and oxygen atoms in total. The van der Waals surface area contributed by atoms with Crippen LogP contribution in [0, 0.1) is 5.41 Å². The van der Waals surface area contributed by atoms with E-state index in [1.54, 1.807) is 23.9 Å². The molecule has 1 spiro atoms. The Labute approximate surface area is 178 Å². The molecule has 5 heterocycles. The maximum Gasteiger partial charge on any atom is 0.264 e. The lowest BCUT2D eigenvalue weighted by atomic mass is 9.75. The van der Waals surface area contributed by atoms with Crippen molar-refractivity contribution in [2.24, 2.45) is 23.2 Å². The second kappa shape index (κ2) is 7.04. The third kappa shape index (κ3) is 2.84. The van der Waals surface area contributed by atoms with Gasteiger partial charge in [0.15, 0.2) is 0 Å². The molecule has 2 fully saturated rings. The number of rotatable bonds is 2. The number of anilines is 2. The number of aliphatic imine (C=N–C) groups is 1. The van der Waals surface area contributed by atoms with Crippen molar-refractivity contribution in [2.75, 3.05) is 36.9 Å². The lowest BCUT2D eigenvalue weighted by molar-refractivity contribution is 0.131. The fourth-order valence-electron chi connectivity index (χ4n) is 4.70. The Hall–Kier alpha value is -2.49. The fraction of sp³-hybridized carbons (Fsp3) is 0.500. The maximum absolute atomic E-state index is 13.3. The summed E-state index contributed by atoms with van der Waals surface area (Å²) < 4.78 is 7.21. The zero-order valence-corrected chi connectivity index (χ0v) is 17.5. The number of nitrogens with two attached hydrogens (primary N) is 2. The van der Waals surface area contributed by atoms with Gasteiger partial charge in [0.2, 0.25) is 5.95 Å². The van der Waals surface area contributed by atoms with Gasteiger partial charge < -0.3 is 21.1 Å². The van der Waals surface area contributed by atoms with E-state index in [2.05, 4.69) is 14.9 Å². The molecule has 1 atom stereocenters. The molecule has 2 aromatic heterocycles. The highest BCUT2D eigenvalue weighted by Gasteiger charge is 2.44. The molecule has 0 aromatic carbocycles. The van der Waals surface area contributed by atoms with Crippen LogP contribution in [0.4, 0.5) is 11.8 Å². The van der Waals surface area contributed by atoms with E-state index in [9.17, 15) is 4.79 Å². The predicted octanol–water partition coefficient (Wildman–Crippen LogP) is 0.706. The summed E-state index contributed by atoms with van der Waals surface area (Å²) in [4.78, 5) is 28.8. The second-order valence-corrected chi connectivity index (χ2v) is 8.67. The van der Waals surface area contributed by atoms with Gasteiger partial charge in [0.25, 0.3) is 5.56 Å². The van der Waals surface area contributed by atoms with Crippen molar-refractivity contribution in [3.63, 3.8) is 0 Å². The molecule has 4 N–H and O–H groups in total. The molecular weight excluding hydrogens is 406 g/mol. The minimum atomic E-state index is -0.140. The SMILES string of the molecule is Cn1c(N2CCC3(CC2)COC[C@H]3N)nc2c(c1=O)C(c1ccnc(N)c1Cl)=NC2. The molecule has 2 aromatic rings. The molecule has 3 aliphatic rings. The van der Waals surface area contributed by atoms with Crippen LogP contribution in [-0.4, -0.2) is 52.6 Å². The van der Waals surface area contributed by atoms with Crippen LogP contribution >= 0.6 is 11.6 Å². The van der Waals surface area contributed by atoms with Gasteiger partial charge >= 0.3 is 0 Å². The van der Waals surface area contributed by atoms with Crippen LogP contribution < -0.4 is 21.9 Å². The van der Waals surface area contributed by atoms with Crippen LogP contribution in [-0.2, 0) is 18.3 Å². The molecule has 30 heavy (non-hydrogen) atoms. The molecule has 158 valence electrons. The second-order valence-electron chi connectivity index (χ2n) is 8.29. The normalized spacial score (nSPS) is 22.4. The van der Waals surface area contributed by atoms with Crippen LogP contribution in [0.25, 0.3) is 0 Å². The third-order valence-corrected chi connectivity index (χ3v) is 7.05. The summed E-state index contributed by atoms with van der Waals surface area (Å²) in [5.74, 6) is 0.876. The van der Waals surface area contributed by atoms with E-state index in [0.29, 0.717) is 53.3 Å². The molecule has 0 aliphatic carbocycles. The number of pyridine rings is 1. The molecule has 0 radical (unpaired) electrons. The average molecular weight is 430 g/mol. The quantitative estimate of drug-likeness (QED) is 0.720. The Morgan fingerprint density at radius 2 is 2.10 bits per heavy atom. The maximum atomic E-state index is 13.3. The first-order chi connectivity index (χ1) is 14.4. The average Bonchev–Trinajstić information content (AvgIpc) is 3.32. The lowest BCUT2D eigenvalue weighted by Crippen LogP contribution is -2.50. The van der Waals surface area contributed by atoms with Crippen molar-refractivity contribution >= 4 is 29.1 Å². The van der Waals surface area contributed by atoms with Gasteiger partial charge in [-0.2, -0.15) is 0 Å². The van der Waals surface area contributed by atoms with Gasteiger partial charge in [-0.25, -0.2) is 9.97 Å². The van der Waals surface area contributed by atoms with Crippen LogP contribution in [0.15, 0.2) is 22.1 Å². The molecule has 0 unspecified atom stereocenters. The van der Waals surface area contributed by atoms with Crippen molar-refractivity contribution < 1.29 is 4.74 Å². The minimum absolute atomic E-state index is 0.0421. The molecule has 5 rings (SSSR count). The summed E-state index contributed by atoms with van der Waals surface area (Å²) >= 11 is 6.33. The largest absolute Gasteiger partial charge is 0.382 e. The van der Waals surface area contributed by atoms with Gasteiger partial charge in [-0.05, 0) is 18.9 Å². The Morgan fingerprint density at radius 1 is 1.33 bits per heavy atom. The fourth-order valence-corrected chi connectivity index (χ4v) is 4.91. The highest BCUT2D eigenvalue weighted by atomic mass is 35.5. The predicted molar refractivity (Wildman–Crippen MR) is 115 cm³/mol. The number of hydrogen-bond donors (Lipinski definition) is 2. The van der Waals surface area contributed by atoms with E-state index in [-0.39, 0.29) is 22.8 Å². The van der Waals surface area contributed by atoms with Crippen molar-refractivity contribution in [1.29, 1.82) is 0 Å². The van der Waals surface area contributed by atoms with Crippen molar-refractivity contribution in [3.8, 4) is 0 Å². The first-order valence-electron chi connectivity index (χ1n) is 10.0. The topological polar surface area (TPSA) is 125 Å². The number of hydrogen-bond acceptors (Lipinski definition) is 8. The first-order valence-corrected chi connectivity index (χ1v) is 10.4. The van der Waals surface area contributed by atoms with Gasteiger partial charge in [-0.15, -0.1) is 0 Å². The van der Waals surface area contributed by atoms with E-state index in [1.807, 2.05) is 0 Å². The number of fused-ring (bicyclic) bond motifs is 1. The Kier molecular flexibility index (Phi) is 4.57. The molecular formula is C20H24ClN7O2. The zero-order valence-electron chi connectivity index (χ0n) is 16.8. The highest BCUT2D eigenvalue weighted by Crippen LogP contribution is 2.39. The minimum Gasteiger partial charge on any atom is -0.382 e. The van der Waals surface area contributed by atoms with Gasteiger partial charge in [0.1, 0.15) is 5.82 Å². The summed E-state index contributed by atoms with van der Waals surface area (Å²) in [7, 11) is 1.75. The van der Waals surface area contributed by atoms with E-state index in [1.165, 1.54) is 0 Å². The number of nitrogens with zero attached hydrogens (tertiary/aromatic N) is 5. The molecule has 2 saturated heterocycles.